The van der Waals surface area contributed by atoms with Gasteiger partial charge in [-0.3, -0.25) is 0 Å². The van der Waals surface area contributed by atoms with Crippen molar-refractivity contribution in [2.45, 2.75) is 32.7 Å². The quantitative estimate of drug-likeness (QED) is 0.849. The minimum Gasteiger partial charge on any atom is -0.381 e. The Balaban J connectivity index is 1.90. The Hall–Kier alpha value is -0.800. The summed E-state index contributed by atoms with van der Waals surface area (Å²) in [5, 5.41) is 4.08. The molecule has 0 spiro atoms. The van der Waals surface area contributed by atoms with E-state index >= 15 is 0 Å². The van der Waals surface area contributed by atoms with Gasteiger partial charge in [0.1, 0.15) is 5.15 Å². The smallest absolute Gasteiger partial charge is 0.129 e. The summed E-state index contributed by atoms with van der Waals surface area (Å²) < 4.78 is 0. The third-order valence-electron chi connectivity index (χ3n) is 3.82. The van der Waals surface area contributed by atoms with Crippen LogP contribution < -0.4 is 5.32 Å². The van der Waals surface area contributed by atoms with Gasteiger partial charge in [0.25, 0.3) is 0 Å². The summed E-state index contributed by atoms with van der Waals surface area (Å²) in [5.74, 6) is 0.717. The van der Waals surface area contributed by atoms with Gasteiger partial charge in [-0.15, -0.1) is 0 Å². The molecule has 1 aliphatic heterocycles. The highest BCUT2D eigenvalue weighted by Gasteiger charge is 2.23. The van der Waals surface area contributed by atoms with Gasteiger partial charge < -0.3 is 10.2 Å². The van der Waals surface area contributed by atoms with Crippen LogP contribution in [0.15, 0.2) is 18.3 Å². The van der Waals surface area contributed by atoms with Crippen LogP contribution in [0.25, 0.3) is 0 Å². The van der Waals surface area contributed by atoms with Crippen LogP contribution >= 0.6 is 11.6 Å². The molecule has 3 nitrogen and oxygen atoms in total. The van der Waals surface area contributed by atoms with Gasteiger partial charge in [-0.05, 0) is 50.9 Å². The predicted molar refractivity (Wildman–Crippen MR) is 77.2 cm³/mol. The van der Waals surface area contributed by atoms with E-state index in [1.165, 1.54) is 25.9 Å². The fourth-order valence-electron chi connectivity index (χ4n) is 2.63. The van der Waals surface area contributed by atoms with Gasteiger partial charge in [0.2, 0.25) is 0 Å². The van der Waals surface area contributed by atoms with Crippen LogP contribution in [0.3, 0.4) is 0 Å². The Morgan fingerprint density at radius 3 is 3.06 bits per heavy atom. The van der Waals surface area contributed by atoms with Crippen LogP contribution in [0.5, 0.6) is 0 Å². The number of rotatable bonds is 4. The highest BCUT2D eigenvalue weighted by Crippen LogP contribution is 2.22. The average Bonchev–Trinajstić information content (AvgIpc) is 2.41. The lowest BCUT2D eigenvalue weighted by atomic mass is 9.91. The molecule has 1 saturated heterocycles. The molecule has 0 aliphatic carbocycles. The summed E-state index contributed by atoms with van der Waals surface area (Å²) >= 11 is 5.79. The Morgan fingerprint density at radius 2 is 2.39 bits per heavy atom. The molecule has 0 radical (unpaired) electrons. The molecule has 2 atom stereocenters. The van der Waals surface area contributed by atoms with Gasteiger partial charge in [0.15, 0.2) is 0 Å². The van der Waals surface area contributed by atoms with E-state index in [9.17, 15) is 0 Å². The molecule has 1 aliphatic rings. The summed E-state index contributed by atoms with van der Waals surface area (Å²) in [6.07, 6.45) is 4.42. The number of nitrogens with zero attached hydrogens (tertiary/aromatic N) is 2. The largest absolute Gasteiger partial charge is 0.381 e. The van der Waals surface area contributed by atoms with E-state index < -0.39 is 0 Å². The first-order valence-corrected chi connectivity index (χ1v) is 7.17. The normalized spacial score (nSPS) is 22.7. The van der Waals surface area contributed by atoms with Gasteiger partial charge >= 0.3 is 0 Å². The maximum Gasteiger partial charge on any atom is 0.129 e. The van der Waals surface area contributed by atoms with Gasteiger partial charge in [-0.2, -0.15) is 0 Å². The molecular formula is C14H22ClN3. The zero-order valence-corrected chi connectivity index (χ0v) is 12.0. The van der Waals surface area contributed by atoms with Crippen molar-refractivity contribution in [2.24, 2.45) is 5.92 Å². The summed E-state index contributed by atoms with van der Waals surface area (Å²) in [6.45, 7) is 8.11. The summed E-state index contributed by atoms with van der Waals surface area (Å²) in [6, 6.07) is 4.30. The van der Waals surface area contributed by atoms with E-state index in [1.54, 1.807) is 6.20 Å². The molecule has 0 aromatic carbocycles. The first-order valence-electron chi connectivity index (χ1n) is 6.79. The van der Waals surface area contributed by atoms with Crippen molar-refractivity contribution >= 4 is 17.3 Å². The number of pyridine rings is 1. The maximum atomic E-state index is 5.79. The second-order valence-corrected chi connectivity index (χ2v) is 5.49. The molecule has 2 rings (SSSR count). The van der Waals surface area contributed by atoms with E-state index in [2.05, 4.69) is 29.0 Å². The highest BCUT2D eigenvalue weighted by molar-refractivity contribution is 6.29. The molecule has 1 fully saturated rings. The first kappa shape index (κ1) is 13.6. The molecule has 0 amide bonds. The number of aromatic nitrogens is 1. The van der Waals surface area contributed by atoms with Crippen molar-refractivity contribution in [3.8, 4) is 0 Å². The van der Waals surface area contributed by atoms with E-state index in [0.717, 1.165) is 18.2 Å². The van der Waals surface area contributed by atoms with Crippen molar-refractivity contribution < 1.29 is 0 Å². The Labute approximate surface area is 115 Å². The van der Waals surface area contributed by atoms with Crippen LogP contribution in [-0.4, -0.2) is 35.6 Å². The van der Waals surface area contributed by atoms with Crippen molar-refractivity contribution in [3.63, 3.8) is 0 Å². The molecule has 0 bridgehead atoms. The maximum absolute atomic E-state index is 5.79. The fraction of sp³-hybridized carbons (Fsp3) is 0.643. The number of piperidine rings is 1. The Bertz CT molecular complexity index is 366. The van der Waals surface area contributed by atoms with Crippen molar-refractivity contribution in [3.05, 3.63) is 23.5 Å². The lowest BCUT2D eigenvalue weighted by molar-refractivity contribution is 0.172. The topological polar surface area (TPSA) is 28.2 Å². The number of likely N-dealkylation sites (tertiary alicyclic amines) is 1. The Kier molecular flexibility index (Phi) is 4.84. The van der Waals surface area contributed by atoms with Gasteiger partial charge in [0, 0.05) is 12.6 Å². The molecule has 1 aromatic rings. The highest BCUT2D eigenvalue weighted by atomic mass is 35.5. The van der Waals surface area contributed by atoms with E-state index in [4.69, 9.17) is 11.6 Å². The number of nitrogens with one attached hydrogen (secondary N) is 1. The molecule has 4 heteroatoms. The average molecular weight is 268 g/mol. The van der Waals surface area contributed by atoms with E-state index in [-0.39, 0.29) is 0 Å². The molecule has 18 heavy (non-hydrogen) atoms. The monoisotopic (exact) mass is 267 g/mol. The van der Waals surface area contributed by atoms with E-state index in [1.807, 2.05) is 12.1 Å². The van der Waals surface area contributed by atoms with Crippen molar-refractivity contribution in [1.29, 1.82) is 0 Å². The standard InChI is InChI=1S/C14H22ClN3/c1-3-18-8-4-5-12(10-18)11(2)17-13-6-7-14(15)16-9-13/h6-7,9,11-12,17H,3-5,8,10H2,1-2H3. The number of hydrogen-bond acceptors (Lipinski definition) is 3. The zero-order chi connectivity index (χ0) is 13.0. The van der Waals surface area contributed by atoms with Crippen LogP contribution in [0.2, 0.25) is 5.15 Å². The third-order valence-corrected chi connectivity index (χ3v) is 4.04. The number of hydrogen-bond donors (Lipinski definition) is 1. The first-order chi connectivity index (χ1) is 8.69. The molecule has 1 N–H and O–H groups in total. The molecule has 1 aromatic heterocycles. The Morgan fingerprint density at radius 1 is 1.56 bits per heavy atom. The van der Waals surface area contributed by atoms with Crippen molar-refractivity contribution in [2.75, 3.05) is 25.0 Å². The van der Waals surface area contributed by atoms with Crippen LogP contribution in [0, 0.1) is 5.92 Å². The van der Waals surface area contributed by atoms with Gasteiger partial charge in [-0.1, -0.05) is 18.5 Å². The molecule has 100 valence electrons. The van der Waals surface area contributed by atoms with Gasteiger partial charge in [-0.25, -0.2) is 4.98 Å². The molecule has 2 heterocycles. The molecular weight excluding hydrogens is 246 g/mol. The number of halogens is 1. The summed E-state index contributed by atoms with van der Waals surface area (Å²) in [4.78, 5) is 6.64. The second kappa shape index (κ2) is 6.39. The minimum absolute atomic E-state index is 0.474. The fourth-order valence-corrected chi connectivity index (χ4v) is 2.74. The lowest BCUT2D eigenvalue weighted by Crippen LogP contribution is -2.41. The second-order valence-electron chi connectivity index (χ2n) is 5.10. The van der Waals surface area contributed by atoms with Crippen molar-refractivity contribution in [1.82, 2.24) is 9.88 Å². The summed E-state index contributed by atoms with van der Waals surface area (Å²) in [5.41, 5.74) is 1.06. The lowest BCUT2D eigenvalue weighted by Gasteiger charge is -2.35. The predicted octanol–water partition coefficient (Wildman–Crippen LogP) is 3.27. The summed E-state index contributed by atoms with van der Waals surface area (Å²) in [7, 11) is 0. The third kappa shape index (κ3) is 3.59. The SMILES string of the molecule is CCN1CCCC(C(C)Nc2ccc(Cl)nc2)C1. The van der Waals surface area contributed by atoms with Gasteiger partial charge in [0.05, 0.1) is 11.9 Å². The van der Waals surface area contributed by atoms with Crippen LogP contribution in [0.4, 0.5) is 5.69 Å². The minimum atomic E-state index is 0.474. The van der Waals surface area contributed by atoms with Crippen LogP contribution in [-0.2, 0) is 0 Å². The zero-order valence-electron chi connectivity index (χ0n) is 11.2. The molecule has 2 unspecified atom stereocenters. The molecule has 0 saturated carbocycles. The van der Waals surface area contributed by atoms with E-state index in [0.29, 0.717) is 11.2 Å². The number of anilines is 1. The van der Waals surface area contributed by atoms with Crippen LogP contribution in [0.1, 0.15) is 26.7 Å².